The van der Waals surface area contributed by atoms with Crippen molar-refractivity contribution in [2.45, 2.75) is 18.4 Å². The lowest BCUT2D eigenvalue weighted by Gasteiger charge is -2.32. The van der Waals surface area contributed by atoms with E-state index in [-0.39, 0.29) is 17.4 Å². The normalized spacial score (nSPS) is 19.0. The smallest absolute Gasteiger partial charge is 0.166 e. The van der Waals surface area contributed by atoms with Gasteiger partial charge < -0.3 is 15.2 Å². The van der Waals surface area contributed by atoms with Crippen LogP contribution in [0.25, 0.3) is 0 Å². The van der Waals surface area contributed by atoms with Crippen LogP contribution in [-0.2, 0) is 4.74 Å². The molecule has 1 aliphatic rings. The Bertz CT molecular complexity index is 397. The second-order valence-electron chi connectivity index (χ2n) is 4.17. The largest absolute Gasteiger partial charge is 0.388 e. The first-order valence-electron chi connectivity index (χ1n) is 5.44. The van der Waals surface area contributed by atoms with Crippen molar-refractivity contribution >= 4 is 17.4 Å². The molecule has 0 saturated carbocycles. The number of nitrogens with zero attached hydrogens (tertiary/aromatic N) is 1. The van der Waals surface area contributed by atoms with Crippen LogP contribution in [0.3, 0.4) is 0 Å². The van der Waals surface area contributed by atoms with Crippen LogP contribution < -0.4 is 5.32 Å². The van der Waals surface area contributed by atoms with Crippen molar-refractivity contribution in [3.63, 3.8) is 0 Å². The molecule has 2 heterocycles. The molecule has 0 radical (unpaired) electrons. The average molecular weight is 261 g/mol. The fourth-order valence-electron chi connectivity index (χ4n) is 1.72. The van der Waals surface area contributed by atoms with E-state index in [1.807, 2.05) is 0 Å². The molecule has 6 heteroatoms. The van der Waals surface area contributed by atoms with Crippen molar-refractivity contribution < 1.29 is 14.2 Å². The summed E-state index contributed by atoms with van der Waals surface area (Å²) in [6, 6.07) is 1.19. The molecular weight excluding hydrogens is 247 g/mol. The summed E-state index contributed by atoms with van der Waals surface area (Å²) in [7, 11) is 0. The molecule has 2 rings (SSSR count). The van der Waals surface area contributed by atoms with E-state index in [0.717, 1.165) is 0 Å². The van der Waals surface area contributed by atoms with Crippen molar-refractivity contribution in [2.75, 3.05) is 25.1 Å². The maximum absolute atomic E-state index is 13.4. The van der Waals surface area contributed by atoms with Gasteiger partial charge in [-0.25, -0.2) is 9.37 Å². The molecule has 4 nitrogen and oxygen atoms in total. The van der Waals surface area contributed by atoms with Crippen molar-refractivity contribution in [3.8, 4) is 0 Å². The van der Waals surface area contributed by atoms with Gasteiger partial charge in [0, 0.05) is 38.8 Å². The molecule has 0 aliphatic carbocycles. The first-order valence-corrected chi connectivity index (χ1v) is 5.82. The molecule has 0 spiro atoms. The third-order valence-electron chi connectivity index (χ3n) is 2.82. The summed E-state index contributed by atoms with van der Waals surface area (Å²) in [6.07, 6.45) is 2.44. The molecule has 1 aliphatic heterocycles. The molecule has 94 valence electrons. The lowest BCUT2D eigenvalue weighted by atomic mass is 9.94. The van der Waals surface area contributed by atoms with Gasteiger partial charge >= 0.3 is 0 Å². The van der Waals surface area contributed by atoms with Gasteiger partial charge in [-0.05, 0) is 6.07 Å². The number of nitrogens with one attached hydrogen (secondary N) is 1. The minimum Gasteiger partial charge on any atom is -0.388 e. The van der Waals surface area contributed by atoms with Crippen LogP contribution >= 0.6 is 11.6 Å². The van der Waals surface area contributed by atoms with E-state index >= 15 is 0 Å². The van der Waals surface area contributed by atoms with Crippen molar-refractivity contribution in [1.29, 1.82) is 0 Å². The summed E-state index contributed by atoms with van der Waals surface area (Å²) >= 11 is 5.60. The van der Waals surface area contributed by atoms with Gasteiger partial charge in [-0.1, -0.05) is 11.6 Å². The molecule has 0 atom stereocenters. The van der Waals surface area contributed by atoms with Crippen LogP contribution in [-0.4, -0.2) is 35.5 Å². The van der Waals surface area contributed by atoms with Crippen LogP contribution in [0.1, 0.15) is 12.8 Å². The molecule has 1 saturated heterocycles. The summed E-state index contributed by atoms with van der Waals surface area (Å²) < 4.78 is 18.6. The van der Waals surface area contributed by atoms with E-state index < -0.39 is 11.4 Å². The second-order valence-corrected chi connectivity index (χ2v) is 4.61. The summed E-state index contributed by atoms with van der Waals surface area (Å²) in [5.41, 5.74) is -0.855. The predicted octanol–water partition coefficient (Wildman–Crippen LogP) is 1.83. The van der Waals surface area contributed by atoms with Gasteiger partial charge in [0.25, 0.3) is 0 Å². The quantitative estimate of drug-likeness (QED) is 0.871. The molecule has 0 unspecified atom stereocenters. The van der Waals surface area contributed by atoms with E-state index in [0.29, 0.717) is 26.1 Å². The molecular formula is C11H14ClFN2O2. The second kappa shape index (κ2) is 5.16. The van der Waals surface area contributed by atoms with E-state index in [1.165, 1.54) is 12.3 Å². The number of anilines is 1. The molecule has 0 bridgehead atoms. The summed E-state index contributed by atoms with van der Waals surface area (Å²) in [5.74, 6) is -0.414. The highest BCUT2D eigenvalue weighted by Gasteiger charge is 2.29. The number of hydrogen-bond donors (Lipinski definition) is 2. The van der Waals surface area contributed by atoms with E-state index in [9.17, 15) is 9.50 Å². The number of rotatable bonds is 3. The first-order chi connectivity index (χ1) is 8.09. The lowest BCUT2D eigenvalue weighted by Crippen LogP contribution is -2.42. The minimum absolute atomic E-state index is 0.106. The molecule has 17 heavy (non-hydrogen) atoms. The average Bonchev–Trinajstić information content (AvgIpc) is 2.29. The highest BCUT2D eigenvalue weighted by molar-refractivity contribution is 6.30. The van der Waals surface area contributed by atoms with Gasteiger partial charge in [-0.15, -0.1) is 0 Å². The maximum atomic E-state index is 13.4. The standard InChI is InChI=1S/C11H14ClFN2O2/c12-8-5-9(13)10(14-6-8)15-7-11(16)1-3-17-4-2-11/h5-6,16H,1-4,7H2,(H,14,15). The Morgan fingerprint density at radius 2 is 2.24 bits per heavy atom. The number of aromatic nitrogens is 1. The zero-order valence-electron chi connectivity index (χ0n) is 9.25. The predicted molar refractivity (Wildman–Crippen MR) is 62.7 cm³/mol. The summed E-state index contributed by atoms with van der Waals surface area (Å²) in [4.78, 5) is 3.83. The molecule has 0 aromatic carbocycles. The number of ether oxygens (including phenoxy) is 1. The van der Waals surface area contributed by atoms with Crippen molar-refractivity contribution in [2.24, 2.45) is 0 Å². The Balaban J connectivity index is 1.97. The number of aliphatic hydroxyl groups is 1. The highest BCUT2D eigenvalue weighted by atomic mass is 35.5. The zero-order chi connectivity index (χ0) is 12.3. The highest BCUT2D eigenvalue weighted by Crippen LogP contribution is 2.22. The van der Waals surface area contributed by atoms with Crippen LogP contribution in [0.15, 0.2) is 12.3 Å². The summed E-state index contributed by atoms with van der Waals surface area (Å²) in [5, 5.41) is 13.2. The lowest BCUT2D eigenvalue weighted by molar-refractivity contribution is -0.0544. The molecule has 1 aromatic rings. The monoisotopic (exact) mass is 260 g/mol. The van der Waals surface area contributed by atoms with Crippen LogP contribution in [0.5, 0.6) is 0 Å². The van der Waals surface area contributed by atoms with Gasteiger partial charge in [0.15, 0.2) is 11.6 Å². The molecule has 0 amide bonds. The third kappa shape index (κ3) is 3.28. The van der Waals surface area contributed by atoms with Gasteiger partial charge in [-0.2, -0.15) is 0 Å². The Kier molecular flexibility index (Phi) is 3.81. The van der Waals surface area contributed by atoms with Gasteiger partial charge in [0.2, 0.25) is 0 Å². The third-order valence-corrected chi connectivity index (χ3v) is 3.02. The van der Waals surface area contributed by atoms with Gasteiger partial charge in [0.1, 0.15) is 0 Å². The number of pyridine rings is 1. The number of halogens is 2. The Morgan fingerprint density at radius 3 is 2.88 bits per heavy atom. The number of hydrogen-bond acceptors (Lipinski definition) is 4. The topological polar surface area (TPSA) is 54.4 Å². The van der Waals surface area contributed by atoms with E-state index in [2.05, 4.69) is 10.3 Å². The van der Waals surface area contributed by atoms with E-state index in [1.54, 1.807) is 0 Å². The summed E-state index contributed by atoms with van der Waals surface area (Å²) in [6.45, 7) is 1.30. The SMILES string of the molecule is OC1(CNc2ncc(Cl)cc2F)CCOCC1. The Morgan fingerprint density at radius 1 is 1.53 bits per heavy atom. The van der Waals surface area contributed by atoms with Gasteiger partial charge in [-0.3, -0.25) is 0 Å². The fraction of sp³-hybridized carbons (Fsp3) is 0.545. The van der Waals surface area contributed by atoms with Crippen molar-refractivity contribution in [1.82, 2.24) is 4.98 Å². The fourth-order valence-corrected chi connectivity index (χ4v) is 1.87. The molecule has 1 aromatic heterocycles. The first kappa shape index (κ1) is 12.5. The zero-order valence-corrected chi connectivity index (χ0v) is 10.0. The van der Waals surface area contributed by atoms with Crippen molar-refractivity contribution in [3.05, 3.63) is 23.1 Å². The van der Waals surface area contributed by atoms with Crippen LogP contribution in [0, 0.1) is 5.82 Å². The Hall–Kier alpha value is -0.910. The van der Waals surface area contributed by atoms with Crippen LogP contribution in [0.2, 0.25) is 5.02 Å². The minimum atomic E-state index is -0.855. The van der Waals surface area contributed by atoms with E-state index in [4.69, 9.17) is 16.3 Å². The van der Waals surface area contributed by atoms with Crippen LogP contribution in [0.4, 0.5) is 10.2 Å². The van der Waals surface area contributed by atoms with Gasteiger partial charge in [0.05, 0.1) is 10.6 Å². The maximum Gasteiger partial charge on any atom is 0.166 e. The Labute approximate surface area is 104 Å². The molecule has 1 fully saturated rings. The molecule has 2 N–H and O–H groups in total.